The molecule has 0 aliphatic carbocycles. The molecule has 0 atom stereocenters. The summed E-state index contributed by atoms with van der Waals surface area (Å²) < 4.78 is 2.47. The van der Waals surface area contributed by atoms with Gasteiger partial charge in [-0.05, 0) is 45.4 Å². The molecule has 8 rings (SSSR count). The summed E-state index contributed by atoms with van der Waals surface area (Å²) in [5.74, 6) is 1.99. The van der Waals surface area contributed by atoms with Crippen molar-refractivity contribution in [3.8, 4) is 56.4 Å². The highest BCUT2D eigenvalue weighted by molar-refractivity contribution is 7.26. The van der Waals surface area contributed by atoms with Crippen LogP contribution in [-0.2, 0) is 5.41 Å². The van der Waals surface area contributed by atoms with Crippen LogP contribution in [0.25, 0.3) is 76.6 Å². The van der Waals surface area contributed by atoms with Gasteiger partial charge in [0.05, 0.1) is 0 Å². The van der Waals surface area contributed by atoms with E-state index < -0.39 is 0 Å². The van der Waals surface area contributed by atoms with Crippen LogP contribution in [0.5, 0.6) is 0 Å². The molecule has 8 aromatic rings. The van der Waals surface area contributed by atoms with E-state index in [1.165, 1.54) is 36.9 Å². The second-order valence-electron chi connectivity index (χ2n) is 12.9. The van der Waals surface area contributed by atoms with Crippen molar-refractivity contribution in [3.63, 3.8) is 0 Å². The highest BCUT2D eigenvalue weighted by atomic mass is 32.1. The zero-order valence-corrected chi connectivity index (χ0v) is 27.4. The van der Waals surface area contributed by atoms with E-state index in [1.54, 1.807) is 0 Å². The number of hydrogen-bond acceptors (Lipinski definition) is 4. The summed E-state index contributed by atoms with van der Waals surface area (Å²) in [5.41, 5.74) is 9.02. The first kappa shape index (κ1) is 29.0. The number of benzene rings is 6. The van der Waals surface area contributed by atoms with Gasteiger partial charge < -0.3 is 0 Å². The topological polar surface area (TPSA) is 38.7 Å². The van der Waals surface area contributed by atoms with Gasteiger partial charge in [0.1, 0.15) is 0 Å². The maximum absolute atomic E-state index is 5.13. The summed E-state index contributed by atoms with van der Waals surface area (Å²) in [4.78, 5) is 15.3. The Labute approximate surface area is 279 Å². The van der Waals surface area contributed by atoms with Crippen molar-refractivity contribution >= 4 is 31.5 Å². The summed E-state index contributed by atoms with van der Waals surface area (Å²) in [6.07, 6.45) is 0. The maximum Gasteiger partial charge on any atom is 0.165 e. The third kappa shape index (κ3) is 5.62. The Morgan fingerprint density at radius 2 is 0.915 bits per heavy atom. The van der Waals surface area contributed by atoms with Crippen LogP contribution in [0, 0.1) is 0 Å². The van der Waals surface area contributed by atoms with E-state index in [-0.39, 0.29) is 5.41 Å². The molecule has 6 aromatic carbocycles. The van der Waals surface area contributed by atoms with Gasteiger partial charge >= 0.3 is 0 Å². The lowest BCUT2D eigenvalue weighted by Gasteiger charge is -2.18. The molecule has 0 aliphatic rings. The highest BCUT2D eigenvalue weighted by Gasteiger charge is 2.19. The number of aromatic nitrogens is 3. The quantitative estimate of drug-likeness (QED) is 0.191. The van der Waals surface area contributed by atoms with Gasteiger partial charge in [0.2, 0.25) is 0 Å². The molecule has 0 unspecified atom stereocenters. The Hall–Kier alpha value is -5.45. The number of thiophene rings is 1. The molecule has 0 amide bonds. The average Bonchev–Trinajstić information content (AvgIpc) is 3.50. The van der Waals surface area contributed by atoms with Crippen molar-refractivity contribution in [2.45, 2.75) is 26.2 Å². The van der Waals surface area contributed by atoms with Crippen molar-refractivity contribution in [1.29, 1.82) is 0 Å². The summed E-state index contributed by atoms with van der Waals surface area (Å²) in [5, 5.41) is 2.49. The van der Waals surface area contributed by atoms with Gasteiger partial charge in [-0.2, -0.15) is 0 Å². The van der Waals surface area contributed by atoms with E-state index in [9.17, 15) is 0 Å². The van der Waals surface area contributed by atoms with Gasteiger partial charge in [-0.3, -0.25) is 0 Å². The molecule has 47 heavy (non-hydrogen) atoms. The van der Waals surface area contributed by atoms with E-state index in [1.807, 2.05) is 23.5 Å². The maximum atomic E-state index is 5.13. The smallest absolute Gasteiger partial charge is 0.165 e. The minimum atomic E-state index is 0.0807. The third-order valence-electron chi connectivity index (χ3n) is 8.74. The van der Waals surface area contributed by atoms with Crippen molar-refractivity contribution in [2.24, 2.45) is 0 Å². The van der Waals surface area contributed by atoms with Crippen LogP contribution >= 0.6 is 11.3 Å². The minimum absolute atomic E-state index is 0.0807. The minimum Gasteiger partial charge on any atom is -0.208 e. The monoisotopic (exact) mass is 623 g/mol. The molecule has 4 heteroatoms. The van der Waals surface area contributed by atoms with E-state index in [2.05, 4.69) is 154 Å². The normalized spacial score (nSPS) is 11.7. The van der Waals surface area contributed by atoms with Crippen molar-refractivity contribution < 1.29 is 0 Å². The fraction of sp³-hybridized carbons (Fsp3) is 0.0930. The predicted molar refractivity (Wildman–Crippen MR) is 199 cm³/mol. The Bertz CT molecular complexity index is 2250. The molecule has 0 saturated heterocycles. The first-order chi connectivity index (χ1) is 22.9. The second kappa shape index (κ2) is 11.7. The number of nitrogens with zero attached hydrogens (tertiary/aromatic N) is 3. The molecule has 0 bridgehead atoms. The fourth-order valence-electron chi connectivity index (χ4n) is 6.08. The van der Waals surface area contributed by atoms with Crippen LogP contribution in [0.15, 0.2) is 146 Å². The molecule has 0 saturated carbocycles. The molecule has 0 radical (unpaired) electrons. The first-order valence-corrected chi connectivity index (χ1v) is 16.8. The lowest BCUT2D eigenvalue weighted by atomic mass is 9.87. The van der Waals surface area contributed by atoms with Gasteiger partial charge in [-0.1, -0.05) is 154 Å². The Morgan fingerprint density at radius 3 is 1.45 bits per heavy atom. The van der Waals surface area contributed by atoms with Gasteiger partial charge in [0, 0.05) is 36.9 Å². The van der Waals surface area contributed by atoms with Gasteiger partial charge in [-0.25, -0.2) is 15.0 Å². The van der Waals surface area contributed by atoms with Crippen LogP contribution in [0.3, 0.4) is 0 Å². The first-order valence-electron chi connectivity index (χ1n) is 15.9. The number of hydrogen-bond donors (Lipinski definition) is 0. The van der Waals surface area contributed by atoms with Crippen LogP contribution in [0.4, 0.5) is 0 Å². The molecule has 2 heterocycles. The van der Waals surface area contributed by atoms with Gasteiger partial charge in [-0.15, -0.1) is 11.3 Å². The molecule has 226 valence electrons. The fourth-order valence-corrected chi connectivity index (χ4v) is 7.33. The molecule has 0 spiro atoms. The standard InChI is InChI=1S/C43H33N3S/c1-43(2,3)34-25-26-35-36-15-10-16-37(39(36)47-38(35)27-34)42-45-40(32-21-17-30(18-22-32)28-11-6-4-7-12-28)44-41(46-42)33-23-19-31(20-24-33)29-13-8-5-9-14-29/h4-27H,1-3H3. The summed E-state index contributed by atoms with van der Waals surface area (Å²) in [6.45, 7) is 6.79. The molecular weight excluding hydrogens is 591 g/mol. The van der Waals surface area contributed by atoms with Gasteiger partial charge in [0.15, 0.2) is 17.5 Å². The summed E-state index contributed by atoms with van der Waals surface area (Å²) in [7, 11) is 0. The van der Waals surface area contributed by atoms with E-state index >= 15 is 0 Å². The molecule has 2 aromatic heterocycles. The molecule has 0 aliphatic heterocycles. The summed E-state index contributed by atoms with van der Waals surface area (Å²) >= 11 is 1.82. The third-order valence-corrected chi connectivity index (χ3v) is 9.94. The molecular formula is C43H33N3S. The highest BCUT2D eigenvalue weighted by Crippen LogP contribution is 2.41. The number of fused-ring (bicyclic) bond motifs is 3. The summed E-state index contributed by atoms with van der Waals surface area (Å²) in [6, 6.07) is 51.2. The van der Waals surface area contributed by atoms with Crippen molar-refractivity contribution in [1.82, 2.24) is 15.0 Å². The van der Waals surface area contributed by atoms with Gasteiger partial charge in [0.25, 0.3) is 0 Å². The average molecular weight is 624 g/mol. The Kier molecular flexibility index (Phi) is 7.23. The van der Waals surface area contributed by atoms with E-state index in [4.69, 9.17) is 15.0 Å². The molecule has 0 fully saturated rings. The van der Waals surface area contributed by atoms with Crippen molar-refractivity contribution in [2.75, 3.05) is 0 Å². The lowest BCUT2D eigenvalue weighted by Crippen LogP contribution is -2.10. The zero-order chi connectivity index (χ0) is 32.0. The van der Waals surface area contributed by atoms with Crippen LogP contribution in [0.2, 0.25) is 0 Å². The van der Waals surface area contributed by atoms with Crippen molar-refractivity contribution in [3.05, 3.63) is 151 Å². The second-order valence-corrected chi connectivity index (χ2v) is 14.0. The Morgan fingerprint density at radius 1 is 0.426 bits per heavy atom. The Balaban J connectivity index is 1.28. The SMILES string of the molecule is CC(C)(C)c1ccc2c(c1)sc1c(-c3nc(-c4ccc(-c5ccccc5)cc4)nc(-c4ccc(-c5ccccc5)cc4)n3)cccc12. The van der Waals surface area contributed by atoms with E-state index in [0.29, 0.717) is 17.5 Å². The predicted octanol–water partition coefficient (Wildman–Crippen LogP) is 11.9. The largest absolute Gasteiger partial charge is 0.208 e. The van der Waals surface area contributed by atoms with Crippen LogP contribution < -0.4 is 0 Å². The zero-order valence-electron chi connectivity index (χ0n) is 26.6. The molecule has 3 nitrogen and oxygen atoms in total. The van der Waals surface area contributed by atoms with Crippen LogP contribution in [0.1, 0.15) is 26.3 Å². The van der Waals surface area contributed by atoms with E-state index in [0.717, 1.165) is 27.8 Å². The van der Waals surface area contributed by atoms with Crippen LogP contribution in [-0.4, -0.2) is 15.0 Å². The number of rotatable bonds is 5. The molecule has 0 N–H and O–H groups in total. The lowest BCUT2D eigenvalue weighted by molar-refractivity contribution is 0.591.